The minimum absolute atomic E-state index is 0.332. The second kappa shape index (κ2) is 4.26. The third-order valence-electron chi connectivity index (χ3n) is 1.56. The predicted octanol–water partition coefficient (Wildman–Crippen LogP) is 1.98. The Morgan fingerprint density at radius 3 is 3.18 bits per heavy atom. The topological polar surface area (TPSA) is 24.9 Å². The number of aromatic nitrogens is 1. The van der Waals surface area contributed by atoms with E-state index in [1.165, 1.54) is 0 Å². The molecule has 1 unspecified atom stereocenters. The molecule has 0 saturated carbocycles. The van der Waals surface area contributed by atoms with E-state index in [4.69, 9.17) is 0 Å². The number of rotatable bonds is 4. The first-order chi connectivity index (χ1) is 5.38. The van der Waals surface area contributed by atoms with Crippen LogP contribution in [0.1, 0.15) is 18.2 Å². The maximum Gasteiger partial charge on any atom is 0.0795 e. The van der Waals surface area contributed by atoms with Crippen LogP contribution in [0, 0.1) is 0 Å². The summed E-state index contributed by atoms with van der Waals surface area (Å²) in [5.74, 6) is 0. The molecule has 0 aromatic carbocycles. The fourth-order valence-electron chi connectivity index (χ4n) is 0.947. The van der Waals surface area contributed by atoms with Gasteiger partial charge >= 0.3 is 0 Å². The first-order valence-corrected chi connectivity index (χ1v) is 4.49. The van der Waals surface area contributed by atoms with Gasteiger partial charge < -0.3 is 5.32 Å². The Bertz CT molecular complexity index is 206. The quantitative estimate of drug-likeness (QED) is 0.695. The van der Waals surface area contributed by atoms with Gasteiger partial charge in [0.1, 0.15) is 0 Å². The highest BCUT2D eigenvalue weighted by molar-refractivity contribution is 7.07. The van der Waals surface area contributed by atoms with Crippen molar-refractivity contribution in [3.05, 3.63) is 29.2 Å². The van der Waals surface area contributed by atoms with Gasteiger partial charge in [-0.15, -0.1) is 17.9 Å². The zero-order valence-electron chi connectivity index (χ0n) is 6.58. The average molecular weight is 168 g/mol. The minimum Gasteiger partial charge on any atom is -0.311 e. The molecule has 1 atom stereocenters. The molecule has 0 aliphatic heterocycles. The zero-order valence-corrected chi connectivity index (χ0v) is 7.40. The van der Waals surface area contributed by atoms with Crippen molar-refractivity contribution in [2.24, 2.45) is 0 Å². The van der Waals surface area contributed by atoms with Crippen molar-refractivity contribution in [2.75, 3.05) is 7.05 Å². The van der Waals surface area contributed by atoms with Crippen LogP contribution in [-0.2, 0) is 0 Å². The summed E-state index contributed by atoms with van der Waals surface area (Å²) in [7, 11) is 1.94. The highest BCUT2D eigenvalue weighted by Crippen LogP contribution is 2.15. The van der Waals surface area contributed by atoms with Gasteiger partial charge in [-0.05, 0) is 13.5 Å². The summed E-state index contributed by atoms with van der Waals surface area (Å²) >= 11 is 1.62. The van der Waals surface area contributed by atoms with E-state index in [2.05, 4.69) is 22.3 Å². The molecule has 0 radical (unpaired) electrons. The van der Waals surface area contributed by atoms with Gasteiger partial charge in [-0.2, -0.15) is 0 Å². The third-order valence-corrected chi connectivity index (χ3v) is 2.16. The molecule has 1 heterocycles. The van der Waals surface area contributed by atoms with Crippen molar-refractivity contribution < 1.29 is 0 Å². The Hall–Kier alpha value is -0.670. The molecular formula is C8H12N2S. The van der Waals surface area contributed by atoms with Crippen LogP contribution in [0.5, 0.6) is 0 Å². The van der Waals surface area contributed by atoms with Gasteiger partial charge in [0.05, 0.1) is 17.2 Å². The minimum atomic E-state index is 0.332. The Balaban J connectivity index is 2.62. The molecule has 1 aromatic heterocycles. The van der Waals surface area contributed by atoms with E-state index >= 15 is 0 Å². The lowest BCUT2D eigenvalue weighted by Crippen LogP contribution is -2.15. The summed E-state index contributed by atoms with van der Waals surface area (Å²) in [4.78, 5) is 4.21. The first kappa shape index (κ1) is 8.43. The van der Waals surface area contributed by atoms with E-state index in [-0.39, 0.29) is 0 Å². The van der Waals surface area contributed by atoms with Gasteiger partial charge in [0, 0.05) is 5.38 Å². The van der Waals surface area contributed by atoms with Gasteiger partial charge in [-0.1, -0.05) is 6.08 Å². The molecule has 0 amide bonds. The van der Waals surface area contributed by atoms with Crippen LogP contribution >= 0.6 is 11.3 Å². The third kappa shape index (κ3) is 2.13. The van der Waals surface area contributed by atoms with Crippen molar-refractivity contribution in [1.29, 1.82) is 0 Å². The number of thiazole rings is 1. The van der Waals surface area contributed by atoms with Gasteiger partial charge in [0.2, 0.25) is 0 Å². The number of nitrogens with zero attached hydrogens (tertiary/aromatic N) is 1. The lowest BCUT2D eigenvalue weighted by Gasteiger charge is -2.09. The molecule has 11 heavy (non-hydrogen) atoms. The summed E-state index contributed by atoms with van der Waals surface area (Å²) < 4.78 is 0. The Labute approximate surface area is 71.0 Å². The maximum absolute atomic E-state index is 4.21. The van der Waals surface area contributed by atoms with Crippen LogP contribution in [-0.4, -0.2) is 12.0 Å². The summed E-state index contributed by atoms with van der Waals surface area (Å²) in [6, 6.07) is 0.332. The van der Waals surface area contributed by atoms with E-state index in [9.17, 15) is 0 Å². The van der Waals surface area contributed by atoms with Crippen LogP contribution in [0.2, 0.25) is 0 Å². The van der Waals surface area contributed by atoms with E-state index in [0.717, 1.165) is 12.1 Å². The zero-order chi connectivity index (χ0) is 8.10. The van der Waals surface area contributed by atoms with Crippen molar-refractivity contribution in [1.82, 2.24) is 10.3 Å². The number of nitrogens with one attached hydrogen (secondary N) is 1. The molecule has 2 nitrogen and oxygen atoms in total. The summed E-state index contributed by atoms with van der Waals surface area (Å²) in [6.07, 6.45) is 2.83. The lowest BCUT2D eigenvalue weighted by atomic mass is 10.1. The second-order valence-corrected chi connectivity index (χ2v) is 3.00. The van der Waals surface area contributed by atoms with Crippen molar-refractivity contribution in [2.45, 2.75) is 12.5 Å². The van der Waals surface area contributed by atoms with Crippen LogP contribution in [0.25, 0.3) is 0 Å². The fourth-order valence-corrected chi connectivity index (χ4v) is 1.56. The van der Waals surface area contributed by atoms with Gasteiger partial charge in [-0.25, -0.2) is 4.98 Å². The van der Waals surface area contributed by atoms with E-state index in [0.29, 0.717) is 6.04 Å². The smallest absolute Gasteiger partial charge is 0.0795 e. The number of hydrogen-bond acceptors (Lipinski definition) is 3. The number of hydrogen-bond donors (Lipinski definition) is 1. The first-order valence-electron chi connectivity index (χ1n) is 3.54. The van der Waals surface area contributed by atoms with Crippen molar-refractivity contribution in [3.63, 3.8) is 0 Å². The largest absolute Gasteiger partial charge is 0.311 e. The summed E-state index contributed by atoms with van der Waals surface area (Å²) in [6.45, 7) is 3.69. The molecule has 0 fully saturated rings. The van der Waals surface area contributed by atoms with Crippen molar-refractivity contribution >= 4 is 11.3 Å². The van der Waals surface area contributed by atoms with Gasteiger partial charge in [-0.3, -0.25) is 0 Å². The SMILES string of the molecule is C=CCC(NC)c1cscn1. The molecule has 0 bridgehead atoms. The molecule has 1 rings (SSSR count). The van der Waals surface area contributed by atoms with Crippen LogP contribution in [0.4, 0.5) is 0 Å². The Morgan fingerprint density at radius 2 is 2.73 bits per heavy atom. The molecule has 0 saturated heterocycles. The summed E-state index contributed by atoms with van der Waals surface area (Å²) in [5.41, 5.74) is 2.96. The monoisotopic (exact) mass is 168 g/mol. The second-order valence-electron chi connectivity index (χ2n) is 2.28. The molecule has 1 aromatic rings. The van der Waals surface area contributed by atoms with E-state index in [1.807, 2.05) is 18.6 Å². The van der Waals surface area contributed by atoms with Gasteiger partial charge in [0.15, 0.2) is 0 Å². The highest BCUT2D eigenvalue weighted by atomic mass is 32.1. The van der Waals surface area contributed by atoms with Crippen LogP contribution in [0.3, 0.4) is 0 Å². The van der Waals surface area contributed by atoms with Crippen LogP contribution < -0.4 is 5.32 Å². The normalized spacial score (nSPS) is 12.8. The van der Waals surface area contributed by atoms with Gasteiger partial charge in [0.25, 0.3) is 0 Å². The van der Waals surface area contributed by atoms with E-state index in [1.54, 1.807) is 11.3 Å². The Kier molecular flexibility index (Phi) is 3.26. The standard InChI is InChI=1S/C8H12N2S/c1-3-4-7(9-2)8-5-11-6-10-8/h3,5-7,9H,1,4H2,2H3. The molecule has 60 valence electrons. The molecule has 0 aliphatic carbocycles. The molecule has 1 N–H and O–H groups in total. The molecule has 3 heteroatoms. The fraction of sp³-hybridized carbons (Fsp3) is 0.375. The lowest BCUT2D eigenvalue weighted by molar-refractivity contribution is 0.590. The summed E-state index contributed by atoms with van der Waals surface area (Å²) in [5, 5.41) is 5.24. The average Bonchev–Trinajstić information content (AvgIpc) is 2.52. The maximum atomic E-state index is 4.21. The molecular weight excluding hydrogens is 156 g/mol. The van der Waals surface area contributed by atoms with E-state index < -0.39 is 0 Å². The molecule has 0 aliphatic rings. The van der Waals surface area contributed by atoms with Crippen molar-refractivity contribution in [3.8, 4) is 0 Å². The molecule has 0 spiro atoms. The predicted molar refractivity (Wildman–Crippen MR) is 48.7 cm³/mol. The highest BCUT2D eigenvalue weighted by Gasteiger charge is 2.07. The Morgan fingerprint density at radius 1 is 1.91 bits per heavy atom. The van der Waals surface area contributed by atoms with Crippen LogP contribution in [0.15, 0.2) is 23.5 Å².